The number of amides is 2. The van der Waals surface area contributed by atoms with Crippen LogP contribution in [0.5, 0.6) is 17.2 Å². The highest BCUT2D eigenvalue weighted by Crippen LogP contribution is 2.41. The van der Waals surface area contributed by atoms with Crippen LogP contribution in [0.1, 0.15) is 44.6 Å². The van der Waals surface area contributed by atoms with E-state index >= 15 is 0 Å². The summed E-state index contributed by atoms with van der Waals surface area (Å²) in [5.74, 6) is 0.576. The zero-order chi connectivity index (χ0) is 27.7. The predicted octanol–water partition coefficient (Wildman–Crippen LogP) is 1.69. The van der Waals surface area contributed by atoms with Gasteiger partial charge in [0.1, 0.15) is 16.9 Å². The van der Waals surface area contributed by atoms with Crippen LogP contribution in [0.3, 0.4) is 0 Å². The van der Waals surface area contributed by atoms with Crippen molar-refractivity contribution in [3.63, 3.8) is 0 Å². The Bertz CT molecular complexity index is 1660. The highest BCUT2D eigenvalue weighted by atomic mass is 32.1. The van der Waals surface area contributed by atoms with Crippen molar-refractivity contribution in [1.82, 2.24) is 30.0 Å². The van der Waals surface area contributed by atoms with Gasteiger partial charge in [0.2, 0.25) is 5.75 Å². The minimum atomic E-state index is -0.698. The smallest absolute Gasteiger partial charge is 0.327 e. The Morgan fingerprint density at radius 2 is 1.79 bits per heavy atom. The fraction of sp³-hybridized carbons (Fsp3) is 0.333. The van der Waals surface area contributed by atoms with Crippen LogP contribution in [0.25, 0.3) is 11.0 Å². The van der Waals surface area contributed by atoms with E-state index in [1.54, 1.807) is 22.4 Å². The van der Waals surface area contributed by atoms with Gasteiger partial charge in [-0.1, -0.05) is 0 Å². The van der Waals surface area contributed by atoms with Crippen molar-refractivity contribution in [2.24, 2.45) is 0 Å². The predicted molar refractivity (Wildman–Crippen MR) is 141 cm³/mol. The number of aromatic nitrogens is 5. The van der Waals surface area contributed by atoms with Crippen LogP contribution in [-0.4, -0.2) is 76.3 Å². The fourth-order valence-electron chi connectivity index (χ4n) is 4.57. The monoisotopic (exact) mass is 555 g/mol. The highest BCUT2D eigenvalue weighted by Gasteiger charge is 2.30. The van der Waals surface area contributed by atoms with Crippen LogP contribution in [0, 0.1) is 0 Å². The first-order valence-corrected chi connectivity index (χ1v) is 12.8. The van der Waals surface area contributed by atoms with E-state index in [1.165, 1.54) is 32.7 Å². The topological polar surface area (TPSA) is 184 Å². The molecule has 0 spiro atoms. The van der Waals surface area contributed by atoms with Crippen LogP contribution >= 0.6 is 11.3 Å². The molecule has 1 saturated heterocycles. The van der Waals surface area contributed by atoms with E-state index < -0.39 is 17.2 Å². The molecule has 14 nitrogen and oxygen atoms in total. The molecule has 0 unspecified atom stereocenters. The Kier molecular flexibility index (Phi) is 7.06. The number of H-pyrrole nitrogens is 3. The maximum atomic E-state index is 13.3. The molecule has 4 aromatic rings. The van der Waals surface area contributed by atoms with E-state index in [2.05, 4.69) is 30.5 Å². The summed E-state index contributed by atoms with van der Waals surface area (Å²) in [5, 5.41) is 11.4. The molecular weight excluding hydrogens is 530 g/mol. The minimum Gasteiger partial charge on any atom is -0.493 e. The van der Waals surface area contributed by atoms with E-state index in [0.717, 1.165) is 5.01 Å². The Hall–Kier alpha value is -4.66. The number of hydrogen-bond acceptors (Lipinski definition) is 10. The third-order valence-corrected chi connectivity index (χ3v) is 7.52. The van der Waals surface area contributed by atoms with Crippen LogP contribution < -0.4 is 30.8 Å². The summed E-state index contributed by atoms with van der Waals surface area (Å²) in [6.07, 6.45) is 1.34. The molecule has 3 aromatic heterocycles. The normalized spacial score (nSPS) is 13.9. The molecule has 5 rings (SSSR count). The van der Waals surface area contributed by atoms with Gasteiger partial charge in [-0.2, -0.15) is 5.10 Å². The van der Waals surface area contributed by atoms with E-state index in [9.17, 15) is 19.2 Å². The number of carbonyl (C=O) groups is 2. The summed E-state index contributed by atoms with van der Waals surface area (Å²) in [4.78, 5) is 60.4. The first kappa shape index (κ1) is 26.0. The van der Waals surface area contributed by atoms with Gasteiger partial charge in [0.05, 0.1) is 31.9 Å². The van der Waals surface area contributed by atoms with Crippen molar-refractivity contribution in [3.05, 3.63) is 54.6 Å². The molecule has 4 heterocycles. The first-order valence-electron chi connectivity index (χ1n) is 11.9. The molecule has 1 fully saturated rings. The number of aromatic amines is 3. The van der Waals surface area contributed by atoms with Crippen LogP contribution in [0.15, 0.2) is 27.1 Å². The van der Waals surface area contributed by atoms with Crippen molar-refractivity contribution in [2.75, 3.05) is 39.7 Å². The van der Waals surface area contributed by atoms with Gasteiger partial charge in [0, 0.05) is 24.4 Å². The first-order chi connectivity index (χ1) is 18.8. The lowest BCUT2D eigenvalue weighted by atomic mass is 9.97. The van der Waals surface area contributed by atoms with Crippen molar-refractivity contribution in [2.45, 2.75) is 18.8 Å². The zero-order valence-corrected chi connectivity index (χ0v) is 22.1. The molecule has 0 saturated carbocycles. The number of carbonyl (C=O) groups excluding carboxylic acids is 2. The van der Waals surface area contributed by atoms with Crippen molar-refractivity contribution in [3.8, 4) is 17.2 Å². The van der Waals surface area contributed by atoms with Gasteiger partial charge in [-0.25, -0.2) is 9.78 Å². The lowest BCUT2D eigenvalue weighted by molar-refractivity contribution is 0.0708. The van der Waals surface area contributed by atoms with E-state index in [0.29, 0.717) is 48.7 Å². The van der Waals surface area contributed by atoms with Gasteiger partial charge in [-0.3, -0.25) is 29.5 Å². The number of benzene rings is 1. The summed E-state index contributed by atoms with van der Waals surface area (Å²) < 4.78 is 16.2. The Morgan fingerprint density at radius 3 is 2.49 bits per heavy atom. The zero-order valence-electron chi connectivity index (χ0n) is 21.2. The lowest BCUT2D eigenvalue weighted by Gasteiger charge is -2.31. The standard InChI is InChI=1S/C24H25N7O7S/c1-36-14-5-4-12(16(37-2)17(14)38-3)23(34)31-8-6-11(7-9-31)22-25-13(10-39-22)20(32)26-18-15-19(30-29-18)27-24(35)28-21(15)33/h4-5,10-11H,6-9H2,1-3H3,(H4,26,27,28,29,30,32,33,35). The molecule has 0 atom stereocenters. The summed E-state index contributed by atoms with van der Waals surface area (Å²) in [7, 11) is 4.48. The number of thiazole rings is 1. The van der Waals surface area contributed by atoms with Crippen molar-refractivity contribution < 1.29 is 23.8 Å². The maximum Gasteiger partial charge on any atom is 0.327 e. The van der Waals surface area contributed by atoms with Gasteiger partial charge in [-0.15, -0.1) is 11.3 Å². The molecule has 1 aliphatic heterocycles. The molecule has 0 bridgehead atoms. The summed E-state index contributed by atoms with van der Waals surface area (Å²) >= 11 is 1.36. The molecule has 204 valence electrons. The average molecular weight is 556 g/mol. The third-order valence-electron chi connectivity index (χ3n) is 6.51. The largest absolute Gasteiger partial charge is 0.493 e. The van der Waals surface area contributed by atoms with Crippen molar-refractivity contribution >= 4 is 40.0 Å². The second-order valence-electron chi connectivity index (χ2n) is 8.70. The number of nitrogens with one attached hydrogen (secondary N) is 4. The fourth-order valence-corrected chi connectivity index (χ4v) is 5.55. The quantitative estimate of drug-likeness (QED) is 0.263. The number of likely N-dealkylation sites (tertiary alicyclic amines) is 1. The highest BCUT2D eigenvalue weighted by molar-refractivity contribution is 7.10. The SMILES string of the molecule is COc1ccc(C(=O)N2CCC(c3nc(C(=O)Nc4[nH]nc5[nH]c(=O)[nH]c(=O)c45)cs3)CC2)c(OC)c1OC. The van der Waals surface area contributed by atoms with Gasteiger partial charge >= 0.3 is 5.69 Å². The number of nitrogens with zero attached hydrogens (tertiary/aromatic N) is 3. The second-order valence-corrected chi connectivity index (χ2v) is 9.59. The number of hydrogen-bond donors (Lipinski definition) is 4. The molecule has 4 N–H and O–H groups in total. The van der Waals surface area contributed by atoms with Gasteiger partial charge in [0.25, 0.3) is 17.4 Å². The molecular formula is C24H25N7O7S. The number of anilines is 1. The van der Waals surface area contributed by atoms with Crippen LogP contribution in [-0.2, 0) is 0 Å². The molecule has 15 heteroatoms. The number of rotatable bonds is 7. The Morgan fingerprint density at radius 1 is 1.05 bits per heavy atom. The molecule has 1 aliphatic rings. The van der Waals surface area contributed by atoms with E-state index in [4.69, 9.17) is 14.2 Å². The number of fused-ring (bicyclic) bond motifs is 1. The van der Waals surface area contributed by atoms with E-state index in [-0.39, 0.29) is 34.4 Å². The van der Waals surface area contributed by atoms with Gasteiger partial charge < -0.3 is 24.4 Å². The average Bonchev–Trinajstić information content (AvgIpc) is 3.59. The second kappa shape index (κ2) is 10.6. The molecule has 2 amide bonds. The number of methoxy groups -OCH3 is 3. The van der Waals surface area contributed by atoms with E-state index in [1.807, 2.05) is 0 Å². The van der Waals surface area contributed by atoms with Crippen LogP contribution in [0.4, 0.5) is 5.82 Å². The number of ether oxygens (including phenoxy) is 3. The lowest BCUT2D eigenvalue weighted by Crippen LogP contribution is -2.38. The summed E-state index contributed by atoms with van der Waals surface area (Å²) in [6, 6.07) is 3.33. The Labute approximate surface area is 224 Å². The van der Waals surface area contributed by atoms with Gasteiger partial charge in [-0.05, 0) is 25.0 Å². The summed E-state index contributed by atoms with van der Waals surface area (Å²) in [5.41, 5.74) is -0.770. The Balaban J connectivity index is 1.25. The number of piperidine rings is 1. The molecule has 1 aromatic carbocycles. The van der Waals surface area contributed by atoms with Gasteiger partial charge in [0.15, 0.2) is 17.1 Å². The van der Waals surface area contributed by atoms with Crippen LogP contribution in [0.2, 0.25) is 0 Å². The molecule has 0 radical (unpaired) electrons. The molecule has 39 heavy (non-hydrogen) atoms. The van der Waals surface area contributed by atoms with Crippen molar-refractivity contribution in [1.29, 1.82) is 0 Å². The minimum absolute atomic E-state index is 0.0292. The molecule has 0 aliphatic carbocycles. The third kappa shape index (κ3) is 4.83. The maximum absolute atomic E-state index is 13.3. The summed E-state index contributed by atoms with van der Waals surface area (Å²) in [6.45, 7) is 1.01.